The van der Waals surface area contributed by atoms with E-state index in [4.69, 9.17) is 11.6 Å². The largest absolute Gasteiger partial charge is 0.299 e. The van der Waals surface area contributed by atoms with Crippen molar-refractivity contribution in [2.24, 2.45) is 0 Å². The molecule has 0 radical (unpaired) electrons. The normalized spacial score (nSPS) is 12.5. The smallest absolute Gasteiger partial charge is 0.139 e. The van der Waals surface area contributed by atoms with Crippen LogP contribution in [-0.2, 0) is 4.79 Å². The summed E-state index contributed by atoms with van der Waals surface area (Å²) in [5.41, 5.74) is 0.999. The van der Waals surface area contributed by atoms with Crippen molar-refractivity contribution in [3.8, 4) is 0 Å². The quantitative estimate of drug-likeness (QED) is 0.724. The van der Waals surface area contributed by atoms with Gasteiger partial charge in [-0.15, -0.1) is 0 Å². The summed E-state index contributed by atoms with van der Waals surface area (Å²) in [4.78, 5) is 11.4. The second kappa shape index (κ2) is 4.43. The fourth-order valence-electron chi connectivity index (χ4n) is 1.27. The van der Waals surface area contributed by atoms with Crippen LogP contribution in [0.5, 0.6) is 0 Å². The van der Waals surface area contributed by atoms with E-state index in [0.29, 0.717) is 11.4 Å². The summed E-state index contributed by atoms with van der Waals surface area (Å²) >= 11 is 5.83. The summed E-state index contributed by atoms with van der Waals surface area (Å²) < 4.78 is 0. The molecular formula is C11H13ClO. The molecule has 70 valence electrons. The molecule has 0 spiro atoms. The Hall–Kier alpha value is -0.820. The van der Waals surface area contributed by atoms with Crippen molar-refractivity contribution < 1.29 is 4.79 Å². The number of carbonyl (C=O) groups is 1. The highest BCUT2D eigenvalue weighted by Crippen LogP contribution is 2.20. The van der Waals surface area contributed by atoms with Gasteiger partial charge in [-0.2, -0.15) is 0 Å². The average Bonchev–Trinajstić information content (AvgIpc) is 2.15. The maximum Gasteiger partial charge on any atom is 0.139 e. The Morgan fingerprint density at radius 2 is 2.23 bits per heavy atom. The van der Waals surface area contributed by atoms with Crippen LogP contribution in [0.1, 0.15) is 31.7 Å². The number of hydrogen-bond acceptors (Lipinski definition) is 1. The first kappa shape index (κ1) is 10.3. The van der Waals surface area contributed by atoms with E-state index in [9.17, 15) is 4.79 Å². The van der Waals surface area contributed by atoms with Crippen LogP contribution in [0.15, 0.2) is 24.3 Å². The zero-order valence-corrected chi connectivity index (χ0v) is 8.64. The van der Waals surface area contributed by atoms with E-state index in [-0.39, 0.29) is 11.7 Å². The van der Waals surface area contributed by atoms with Gasteiger partial charge in [-0.1, -0.05) is 37.6 Å². The first-order valence-electron chi connectivity index (χ1n) is 4.43. The van der Waals surface area contributed by atoms with Crippen molar-refractivity contribution in [2.45, 2.75) is 26.2 Å². The summed E-state index contributed by atoms with van der Waals surface area (Å²) in [6, 6.07) is 7.47. The van der Waals surface area contributed by atoms with Crippen molar-refractivity contribution in [2.75, 3.05) is 0 Å². The standard InChI is InChI=1S/C11H13ClO/c1-3-11(13)8(2)9-5-4-6-10(12)7-9/h4-8H,3H2,1-2H3. The molecule has 1 aromatic rings. The SMILES string of the molecule is CCC(=O)C(C)c1cccc(Cl)c1. The number of ketones is 1. The van der Waals surface area contributed by atoms with Crippen LogP contribution in [0.2, 0.25) is 5.02 Å². The molecule has 2 heteroatoms. The van der Waals surface area contributed by atoms with E-state index in [1.807, 2.05) is 38.1 Å². The van der Waals surface area contributed by atoms with Gasteiger partial charge in [-0.3, -0.25) is 4.79 Å². The highest BCUT2D eigenvalue weighted by Gasteiger charge is 2.12. The second-order valence-electron chi connectivity index (χ2n) is 3.10. The Morgan fingerprint density at radius 3 is 2.77 bits per heavy atom. The predicted molar refractivity (Wildman–Crippen MR) is 55.2 cm³/mol. The minimum atomic E-state index is -0.0382. The van der Waals surface area contributed by atoms with Crippen LogP contribution in [0, 0.1) is 0 Å². The Kier molecular flexibility index (Phi) is 3.49. The van der Waals surface area contributed by atoms with Gasteiger partial charge in [0.2, 0.25) is 0 Å². The highest BCUT2D eigenvalue weighted by atomic mass is 35.5. The number of rotatable bonds is 3. The molecule has 1 rings (SSSR count). The summed E-state index contributed by atoms with van der Waals surface area (Å²) in [7, 11) is 0. The van der Waals surface area contributed by atoms with E-state index in [1.165, 1.54) is 0 Å². The number of halogens is 1. The first-order chi connectivity index (χ1) is 6.15. The van der Waals surface area contributed by atoms with Crippen LogP contribution in [0.25, 0.3) is 0 Å². The minimum absolute atomic E-state index is 0.0382. The van der Waals surface area contributed by atoms with Crippen LogP contribution in [-0.4, -0.2) is 5.78 Å². The first-order valence-corrected chi connectivity index (χ1v) is 4.81. The lowest BCUT2D eigenvalue weighted by atomic mass is 9.95. The van der Waals surface area contributed by atoms with Gasteiger partial charge in [0, 0.05) is 17.4 Å². The lowest BCUT2D eigenvalue weighted by molar-refractivity contribution is -0.119. The van der Waals surface area contributed by atoms with E-state index in [2.05, 4.69) is 0 Å². The molecule has 0 saturated heterocycles. The molecule has 0 saturated carbocycles. The van der Waals surface area contributed by atoms with Gasteiger partial charge in [0.1, 0.15) is 5.78 Å². The molecule has 13 heavy (non-hydrogen) atoms. The summed E-state index contributed by atoms with van der Waals surface area (Å²) in [6.45, 7) is 3.79. The van der Waals surface area contributed by atoms with Gasteiger partial charge in [0.15, 0.2) is 0 Å². The van der Waals surface area contributed by atoms with Crippen LogP contribution < -0.4 is 0 Å². The third-order valence-electron chi connectivity index (χ3n) is 2.18. The predicted octanol–water partition coefficient (Wildman–Crippen LogP) is 3.42. The van der Waals surface area contributed by atoms with Crippen LogP contribution >= 0.6 is 11.6 Å². The molecule has 1 atom stereocenters. The van der Waals surface area contributed by atoms with Crippen molar-refractivity contribution >= 4 is 17.4 Å². The second-order valence-corrected chi connectivity index (χ2v) is 3.53. The molecule has 0 amide bonds. The number of Topliss-reactive ketones (excluding diaryl/α,β-unsaturated/α-hetero) is 1. The maximum absolute atomic E-state index is 11.4. The zero-order valence-electron chi connectivity index (χ0n) is 7.88. The molecule has 0 bridgehead atoms. The van der Waals surface area contributed by atoms with Crippen molar-refractivity contribution in [1.29, 1.82) is 0 Å². The molecule has 0 fully saturated rings. The fraction of sp³-hybridized carbons (Fsp3) is 0.364. The van der Waals surface area contributed by atoms with Gasteiger partial charge in [0.05, 0.1) is 0 Å². The lowest BCUT2D eigenvalue weighted by Gasteiger charge is -2.09. The van der Waals surface area contributed by atoms with Gasteiger partial charge in [-0.05, 0) is 17.7 Å². The summed E-state index contributed by atoms with van der Waals surface area (Å²) in [6.07, 6.45) is 0.577. The molecule has 0 aromatic heterocycles. The Morgan fingerprint density at radius 1 is 1.54 bits per heavy atom. The summed E-state index contributed by atoms with van der Waals surface area (Å²) in [5, 5.41) is 0.688. The van der Waals surface area contributed by atoms with Gasteiger partial charge < -0.3 is 0 Å². The summed E-state index contributed by atoms with van der Waals surface area (Å²) in [5.74, 6) is 0.214. The third kappa shape index (κ3) is 2.56. The fourth-order valence-corrected chi connectivity index (χ4v) is 1.47. The molecule has 0 aliphatic heterocycles. The Labute approximate surface area is 83.7 Å². The minimum Gasteiger partial charge on any atom is -0.299 e. The van der Waals surface area contributed by atoms with Crippen molar-refractivity contribution in [3.05, 3.63) is 34.9 Å². The molecule has 1 nitrogen and oxygen atoms in total. The Bertz CT molecular complexity index is 307. The molecule has 0 heterocycles. The zero-order chi connectivity index (χ0) is 9.84. The molecule has 1 unspecified atom stereocenters. The number of hydrogen-bond donors (Lipinski definition) is 0. The number of benzene rings is 1. The maximum atomic E-state index is 11.4. The number of carbonyl (C=O) groups excluding carboxylic acids is 1. The Balaban J connectivity index is 2.88. The van der Waals surface area contributed by atoms with Gasteiger partial charge in [0.25, 0.3) is 0 Å². The van der Waals surface area contributed by atoms with E-state index in [0.717, 1.165) is 5.56 Å². The lowest BCUT2D eigenvalue weighted by Crippen LogP contribution is -2.07. The molecule has 0 aliphatic rings. The van der Waals surface area contributed by atoms with Crippen molar-refractivity contribution in [3.63, 3.8) is 0 Å². The highest BCUT2D eigenvalue weighted by molar-refractivity contribution is 6.30. The van der Waals surface area contributed by atoms with E-state index in [1.54, 1.807) is 0 Å². The van der Waals surface area contributed by atoms with Crippen molar-refractivity contribution in [1.82, 2.24) is 0 Å². The average molecular weight is 197 g/mol. The molecular weight excluding hydrogens is 184 g/mol. The van der Waals surface area contributed by atoms with E-state index >= 15 is 0 Å². The van der Waals surface area contributed by atoms with E-state index < -0.39 is 0 Å². The monoisotopic (exact) mass is 196 g/mol. The molecule has 1 aromatic carbocycles. The molecule has 0 aliphatic carbocycles. The van der Waals surface area contributed by atoms with Gasteiger partial charge in [-0.25, -0.2) is 0 Å². The van der Waals surface area contributed by atoms with Crippen LogP contribution in [0.3, 0.4) is 0 Å². The van der Waals surface area contributed by atoms with Crippen LogP contribution in [0.4, 0.5) is 0 Å². The van der Waals surface area contributed by atoms with Gasteiger partial charge >= 0.3 is 0 Å². The topological polar surface area (TPSA) is 17.1 Å². The third-order valence-corrected chi connectivity index (χ3v) is 2.42. The molecule has 0 N–H and O–H groups in total.